The SMILES string of the molecule is Cc1sc(C(=O)OC2CCCCC2C)cc1S(=O)(=O)Cl. The Bertz CT molecular complexity index is 606. The molecule has 0 N–H and O–H groups in total. The summed E-state index contributed by atoms with van der Waals surface area (Å²) in [6.45, 7) is 3.70. The Hall–Kier alpha value is -0.590. The third-order valence-electron chi connectivity index (χ3n) is 3.63. The van der Waals surface area contributed by atoms with Crippen molar-refractivity contribution in [3.8, 4) is 0 Å². The summed E-state index contributed by atoms with van der Waals surface area (Å²) in [4.78, 5) is 12.9. The molecule has 20 heavy (non-hydrogen) atoms. The second-order valence-electron chi connectivity index (χ2n) is 5.17. The van der Waals surface area contributed by atoms with Crippen molar-refractivity contribution in [1.82, 2.24) is 0 Å². The highest BCUT2D eigenvalue weighted by Gasteiger charge is 2.27. The first-order valence-electron chi connectivity index (χ1n) is 6.55. The Kier molecular flexibility index (Phi) is 4.76. The van der Waals surface area contributed by atoms with Crippen LogP contribution in [0.4, 0.5) is 0 Å². The van der Waals surface area contributed by atoms with Crippen molar-refractivity contribution >= 4 is 37.0 Å². The summed E-state index contributed by atoms with van der Waals surface area (Å²) in [6.07, 6.45) is 4.09. The minimum Gasteiger partial charge on any atom is -0.458 e. The van der Waals surface area contributed by atoms with Gasteiger partial charge < -0.3 is 4.74 Å². The van der Waals surface area contributed by atoms with Gasteiger partial charge in [-0.3, -0.25) is 0 Å². The summed E-state index contributed by atoms with van der Waals surface area (Å²) in [5.41, 5.74) is 0. The zero-order chi connectivity index (χ0) is 14.9. The van der Waals surface area contributed by atoms with E-state index in [-0.39, 0.29) is 11.0 Å². The fraction of sp³-hybridized carbons (Fsp3) is 0.615. The van der Waals surface area contributed by atoms with Gasteiger partial charge in [-0.1, -0.05) is 13.3 Å². The van der Waals surface area contributed by atoms with E-state index in [0.29, 0.717) is 15.7 Å². The van der Waals surface area contributed by atoms with E-state index in [4.69, 9.17) is 15.4 Å². The van der Waals surface area contributed by atoms with E-state index in [9.17, 15) is 13.2 Å². The highest BCUT2D eigenvalue weighted by atomic mass is 35.7. The van der Waals surface area contributed by atoms with Crippen LogP contribution in [-0.2, 0) is 13.8 Å². The van der Waals surface area contributed by atoms with Gasteiger partial charge in [-0.05, 0) is 38.2 Å². The zero-order valence-electron chi connectivity index (χ0n) is 11.4. The molecule has 1 aromatic heterocycles. The zero-order valence-corrected chi connectivity index (χ0v) is 13.8. The second kappa shape index (κ2) is 6.03. The first-order valence-corrected chi connectivity index (χ1v) is 9.67. The number of ether oxygens (including phenoxy) is 1. The quantitative estimate of drug-likeness (QED) is 0.623. The van der Waals surface area contributed by atoms with Gasteiger partial charge in [0.25, 0.3) is 9.05 Å². The Morgan fingerprint density at radius 1 is 1.40 bits per heavy atom. The van der Waals surface area contributed by atoms with E-state index in [1.54, 1.807) is 6.92 Å². The van der Waals surface area contributed by atoms with Crippen LogP contribution in [0.15, 0.2) is 11.0 Å². The van der Waals surface area contributed by atoms with Crippen LogP contribution in [0.1, 0.15) is 47.2 Å². The van der Waals surface area contributed by atoms with E-state index >= 15 is 0 Å². The minimum atomic E-state index is -3.82. The van der Waals surface area contributed by atoms with Gasteiger partial charge in [0.05, 0.1) is 4.90 Å². The van der Waals surface area contributed by atoms with Crippen molar-refractivity contribution in [3.05, 3.63) is 15.8 Å². The van der Waals surface area contributed by atoms with Gasteiger partial charge >= 0.3 is 5.97 Å². The number of aryl methyl sites for hydroxylation is 1. The third-order valence-corrected chi connectivity index (χ3v) is 6.24. The average molecular weight is 337 g/mol. The molecule has 1 saturated carbocycles. The minimum absolute atomic E-state index is 0.00666. The number of thiophene rings is 1. The average Bonchev–Trinajstić information content (AvgIpc) is 2.74. The molecule has 2 atom stereocenters. The number of esters is 1. The molecule has 112 valence electrons. The number of rotatable bonds is 3. The molecule has 7 heteroatoms. The fourth-order valence-corrected chi connectivity index (χ4v) is 5.01. The largest absolute Gasteiger partial charge is 0.458 e. The van der Waals surface area contributed by atoms with Gasteiger partial charge in [0.2, 0.25) is 0 Å². The molecule has 1 fully saturated rings. The van der Waals surface area contributed by atoms with Crippen molar-refractivity contribution in [1.29, 1.82) is 0 Å². The third kappa shape index (κ3) is 3.54. The van der Waals surface area contributed by atoms with E-state index in [1.807, 2.05) is 0 Å². The van der Waals surface area contributed by atoms with Crippen LogP contribution in [0, 0.1) is 12.8 Å². The lowest BCUT2D eigenvalue weighted by molar-refractivity contribution is 0.00532. The van der Waals surface area contributed by atoms with Crippen molar-refractivity contribution in [2.75, 3.05) is 0 Å². The van der Waals surface area contributed by atoms with E-state index < -0.39 is 15.0 Å². The number of carbonyl (C=O) groups is 1. The molecule has 2 unspecified atom stereocenters. The molecule has 0 saturated heterocycles. The van der Waals surface area contributed by atoms with Crippen LogP contribution in [0.3, 0.4) is 0 Å². The van der Waals surface area contributed by atoms with E-state index in [1.165, 1.54) is 12.5 Å². The lowest BCUT2D eigenvalue weighted by Gasteiger charge is -2.28. The van der Waals surface area contributed by atoms with Gasteiger partial charge in [-0.2, -0.15) is 0 Å². The van der Waals surface area contributed by atoms with E-state index in [2.05, 4.69) is 6.92 Å². The number of halogens is 1. The Balaban J connectivity index is 2.14. The topological polar surface area (TPSA) is 60.4 Å². The maximum absolute atomic E-state index is 12.1. The smallest absolute Gasteiger partial charge is 0.348 e. The predicted molar refractivity (Wildman–Crippen MR) is 78.9 cm³/mol. The highest BCUT2D eigenvalue weighted by molar-refractivity contribution is 8.13. The van der Waals surface area contributed by atoms with Crippen LogP contribution in [0.25, 0.3) is 0 Å². The maximum Gasteiger partial charge on any atom is 0.348 e. The monoisotopic (exact) mass is 336 g/mol. The molecule has 2 rings (SSSR count). The molecular weight excluding hydrogens is 320 g/mol. The molecule has 1 aromatic rings. The van der Waals surface area contributed by atoms with Gasteiger partial charge in [0.1, 0.15) is 11.0 Å². The second-order valence-corrected chi connectivity index (χ2v) is 8.97. The van der Waals surface area contributed by atoms with Crippen LogP contribution in [0.5, 0.6) is 0 Å². The highest BCUT2D eigenvalue weighted by Crippen LogP contribution is 2.31. The molecule has 0 radical (unpaired) electrons. The normalized spacial score (nSPS) is 23.6. The standard InChI is InChI=1S/C13H17ClO4S2/c1-8-5-3-4-6-10(8)18-13(15)11-7-12(9(2)19-11)20(14,16)17/h7-8,10H,3-6H2,1-2H3. The van der Waals surface area contributed by atoms with Crippen LogP contribution in [-0.4, -0.2) is 20.5 Å². The molecule has 0 amide bonds. The molecule has 0 aromatic carbocycles. The van der Waals surface area contributed by atoms with Crippen LogP contribution in [0.2, 0.25) is 0 Å². The summed E-state index contributed by atoms with van der Waals surface area (Å²) in [7, 11) is 1.51. The molecule has 1 aliphatic carbocycles. The number of hydrogen-bond donors (Lipinski definition) is 0. The number of hydrogen-bond acceptors (Lipinski definition) is 5. The summed E-state index contributed by atoms with van der Waals surface area (Å²) in [6, 6.07) is 1.30. The lowest BCUT2D eigenvalue weighted by Crippen LogP contribution is -2.28. The van der Waals surface area contributed by atoms with Gasteiger partial charge in [0.15, 0.2) is 0 Å². The van der Waals surface area contributed by atoms with Gasteiger partial charge in [-0.25, -0.2) is 13.2 Å². The molecule has 1 heterocycles. The van der Waals surface area contributed by atoms with Crippen molar-refractivity contribution in [3.63, 3.8) is 0 Å². The Morgan fingerprint density at radius 2 is 2.05 bits per heavy atom. The molecule has 0 bridgehead atoms. The Morgan fingerprint density at radius 3 is 2.60 bits per heavy atom. The summed E-state index contributed by atoms with van der Waals surface area (Å²) >= 11 is 1.10. The van der Waals surface area contributed by atoms with E-state index in [0.717, 1.165) is 30.6 Å². The lowest BCUT2D eigenvalue weighted by atomic mass is 9.88. The predicted octanol–water partition coefficient (Wildman–Crippen LogP) is 3.72. The Labute approximate surface area is 127 Å². The van der Waals surface area contributed by atoms with Gasteiger partial charge in [-0.15, -0.1) is 11.3 Å². The summed E-state index contributed by atoms with van der Waals surface area (Å²) in [5.74, 6) is -0.103. The molecule has 0 aliphatic heterocycles. The van der Waals surface area contributed by atoms with Crippen LogP contribution < -0.4 is 0 Å². The first kappa shape index (κ1) is 15.8. The van der Waals surface area contributed by atoms with Crippen molar-refractivity contribution < 1.29 is 17.9 Å². The first-order chi connectivity index (χ1) is 9.29. The van der Waals surface area contributed by atoms with Gasteiger partial charge in [0, 0.05) is 15.6 Å². The van der Waals surface area contributed by atoms with Crippen LogP contribution >= 0.6 is 22.0 Å². The molecule has 0 spiro atoms. The van der Waals surface area contributed by atoms with Crippen molar-refractivity contribution in [2.45, 2.75) is 50.5 Å². The summed E-state index contributed by atoms with van der Waals surface area (Å²) in [5, 5.41) is 0. The summed E-state index contributed by atoms with van der Waals surface area (Å²) < 4.78 is 28.2. The fourth-order valence-electron chi connectivity index (χ4n) is 2.46. The molecular formula is C13H17ClO4S2. The maximum atomic E-state index is 12.1. The molecule has 4 nitrogen and oxygen atoms in total. The number of carbonyl (C=O) groups excluding carboxylic acids is 1. The van der Waals surface area contributed by atoms with Crippen molar-refractivity contribution in [2.24, 2.45) is 5.92 Å². The molecule has 1 aliphatic rings.